The molecule has 1 N–H and O–H groups in total. The zero-order chi connectivity index (χ0) is 19.7. The molecule has 0 saturated heterocycles. The second kappa shape index (κ2) is 7.10. The highest BCUT2D eigenvalue weighted by Gasteiger charge is 2.19. The van der Waals surface area contributed by atoms with Crippen molar-refractivity contribution in [2.24, 2.45) is 0 Å². The van der Waals surface area contributed by atoms with E-state index in [4.69, 9.17) is 9.05 Å². The van der Waals surface area contributed by atoms with Crippen LogP contribution in [0.4, 0.5) is 0 Å². The maximum Gasteiger partial charge on any atom is 0.253 e. The smallest absolute Gasteiger partial charge is 0.253 e. The number of aromatic nitrogens is 5. The molecule has 9 heteroatoms. The highest BCUT2D eigenvalue weighted by Crippen LogP contribution is 2.21. The predicted octanol–water partition coefficient (Wildman–Crippen LogP) is 2.77. The van der Waals surface area contributed by atoms with Crippen LogP contribution in [0.5, 0.6) is 0 Å². The Hall–Kier alpha value is -3.75. The minimum atomic E-state index is -0.233. The summed E-state index contributed by atoms with van der Waals surface area (Å²) in [6.45, 7) is 5.72. The third-order valence-electron chi connectivity index (χ3n) is 4.33. The van der Waals surface area contributed by atoms with E-state index < -0.39 is 0 Å². The van der Waals surface area contributed by atoms with Crippen LogP contribution in [0.25, 0.3) is 17.2 Å². The lowest BCUT2D eigenvalue weighted by Crippen LogP contribution is -2.23. The lowest BCUT2D eigenvalue weighted by atomic mass is 10.2. The first kappa shape index (κ1) is 17.7. The van der Waals surface area contributed by atoms with Crippen LogP contribution >= 0.6 is 0 Å². The van der Waals surface area contributed by atoms with E-state index in [2.05, 4.69) is 25.6 Å². The summed E-state index contributed by atoms with van der Waals surface area (Å²) in [5.74, 6) is 1.89. The Morgan fingerprint density at radius 2 is 1.89 bits per heavy atom. The molecular formula is C19H18N6O3. The van der Waals surface area contributed by atoms with E-state index in [-0.39, 0.29) is 12.5 Å². The number of pyridine rings is 1. The third-order valence-corrected chi connectivity index (χ3v) is 4.33. The van der Waals surface area contributed by atoms with Crippen LogP contribution in [0.15, 0.2) is 45.7 Å². The van der Waals surface area contributed by atoms with Crippen LogP contribution in [-0.4, -0.2) is 30.8 Å². The van der Waals surface area contributed by atoms with Crippen molar-refractivity contribution in [1.82, 2.24) is 30.2 Å². The normalized spacial score (nSPS) is 11.0. The maximum absolute atomic E-state index is 12.7. The van der Waals surface area contributed by atoms with Crippen molar-refractivity contribution >= 4 is 5.91 Å². The van der Waals surface area contributed by atoms with Crippen molar-refractivity contribution in [2.75, 3.05) is 0 Å². The van der Waals surface area contributed by atoms with E-state index in [0.717, 1.165) is 17.0 Å². The molecule has 0 spiro atoms. The van der Waals surface area contributed by atoms with Gasteiger partial charge in [-0.05, 0) is 39.0 Å². The molecule has 0 aliphatic carbocycles. The molecule has 0 radical (unpaired) electrons. The number of rotatable bonds is 5. The number of nitrogens with zero attached hydrogens (tertiary/aromatic N) is 5. The molecule has 0 unspecified atom stereocenters. The van der Waals surface area contributed by atoms with Gasteiger partial charge < -0.3 is 14.4 Å². The van der Waals surface area contributed by atoms with Crippen LogP contribution < -0.4 is 5.32 Å². The Bertz CT molecular complexity index is 1130. The molecule has 0 aliphatic rings. The minimum Gasteiger partial charge on any atom is -0.360 e. The van der Waals surface area contributed by atoms with E-state index in [1.165, 1.54) is 0 Å². The SMILES string of the molecule is Cc1cc(-n2c(C)cc(C(=O)NCc3nc(-c4ccncc4)no3)c2C)no1. The summed E-state index contributed by atoms with van der Waals surface area (Å²) in [5, 5.41) is 10.8. The van der Waals surface area contributed by atoms with Crippen LogP contribution in [-0.2, 0) is 6.54 Å². The Morgan fingerprint density at radius 1 is 1.11 bits per heavy atom. The summed E-state index contributed by atoms with van der Waals surface area (Å²) >= 11 is 0. The molecule has 0 saturated carbocycles. The molecular weight excluding hydrogens is 360 g/mol. The van der Waals surface area contributed by atoms with Crippen molar-refractivity contribution in [1.29, 1.82) is 0 Å². The highest BCUT2D eigenvalue weighted by molar-refractivity contribution is 5.95. The first-order valence-corrected chi connectivity index (χ1v) is 8.66. The van der Waals surface area contributed by atoms with Gasteiger partial charge in [-0.2, -0.15) is 4.98 Å². The van der Waals surface area contributed by atoms with E-state index in [1.54, 1.807) is 24.5 Å². The van der Waals surface area contributed by atoms with Gasteiger partial charge in [0.15, 0.2) is 5.82 Å². The molecule has 0 atom stereocenters. The zero-order valence-corrected chi connectivity index (χ0v) is 15.6. The number of aryl methyl sites for hydroxylation is 2. The molecule has 0 aromatic carbocycles. The second-order valence-corrected chi connectivity index (χ2v) is 6.35. The first-order valence-electron chi connectivity index (χ1n) is 8.66. The molecule has 0 aliphatic heterocycles. The highest BCUT2D eigenvalue weighted by atomic mass is 16.5. The molecule has 28 heavy (non-hydrogen) atoms. The molecule has 4 aromatic rings. The number of hydrogen-bond acceptors (Lipinski definition) is 7. The zero-order valence-electron chi connectivity index (χ0n) is 15.6. The topological polar surface area (TPSA) is 112 Å². The van der Waals surface area contributed by atoms with Gasteiger partial charge in [-0.3, -0.25) is 14.3 Å². The minimum absolute atomic E-state index is 0.129. The molecule has 4 rings (SSSR count). The van der Waals surface area contributed by atoms with Crippen molar-refractivity contribution in [2.45, 2.75) is 27.3 Å². The molecule has 4 heterocycles. The van der Waals surface area contributed by atoms with Gasteiger partial charge in [0, 0.05) is 35.4 Å². The van der Waals surface area contributed by atoms with Crippen LogP contribution in [0.2, 0.25) is 0 Å². The Morgan fingerprint density at radius 3 is 2.61 bits per heavy atom. The molecule has 0 bridgehead atoms. The van der Waals surface area contributed by atoms with E-state index in [0.29, 0.717) is 28.9 Å². The van der Waals surface area contributed by atoms with Gasteiger partial charge in [0.05, 0.1) is 12.1 Å². The van der Waals surface area contributed by atoms with E-state index in [9.17, 15) is 4.79 Å². The number of hydrogen-bond donors (Lipinski definition) is 1. The number of amides is 1. The van der Waals surface area contributed by atoms with Crippen molar-refractivity contribution in [3.63, 3.8) is 0 Å². The average molecular weight is 378 g/mol. The molecule has 0 fully saturated rings. The summed E-state index contributed by atoms with van der Waals surface area (Å²) in [4.78, 5) is 20.9. The van der Waals surface area contributed by atoms with Gasteiger partial charge in [0.2, 0.25) is 11.7 Å². The first-order chi connectivity index (χ1) is 13.5. The fourth-order valence-corrected chi connectivity index (χ4v) is 3.00. The summed E-state index contributed by atoms with van der Waals surface area (Å²) < 4.78 is 12.2. The summed E-state index contributed by atoms with van der Waals surface area (Å²) in [7, 11) is 0. The Kier molecular flexibility index (Phi) is 4.48. The predicted molar refractivity (Wildman–Crippen MR) is 98.7 cm³/mol. The van der Waals surface area contributed by atoms with Gasteiger partial charge in [0.25, 0.3) is 5.91 Å². The van der Waals surface area contributed by atoms with Gasteiger partial charge >= 0.3 is 0 Å². The van der Waals surface area contributed by atoms with Crippen molar-refractivity contribution in [3.05, 3.63) is 65.3 Å². The fourth-order valence-electron chi connectivity index (χ4n) is 3.00. The molecule has 9 nitrogen and oxygen atoms in total. The number of nitrogens with one attached hydrogen (secondary N) is 1. The molecule has 142 valence electrons. The largest absolute Gasteiger partial charge is 0.360 e. The third kappa shape index (κ3) is 3.29. The quantitative estimate of drug-likeness (QED) is 0.568. The Labute approximate surface area is 160 Å². The van der Waals surface area contributed by atoms with Crippen LogP contribution in [0.1, 0.15) is 33.4 Å². The number of carbonyl (C=O) groups is 1. The second-order valence-electron chi connectivity index (χ2n) is 6.35. The monoisotopic (exact) mass is 378 g/mol. The van der Waals surface area contributed by atoms with Gasteiger partial charge in [-0.15, -0.1) is 0 Å². The van der Waals surface area contributed by atoms with Gasteiger partial charge in [-0.1, -0.05) is 10.3 Å². The lowest BCUT2D eigenvalue weighted by Gasteiger charge is -2.05. The van der Waals surface area contributed by atoms with Crippen molar-refractivity contribution in [3.8, 4) is 17.2 Å². The number of carbonyl (C=O) groups excluding carboxylic acids is 1. The average Bonchev–Trinajstić information content (AvgIpc) is 3.40. The van der Waals surface area contributed by atoms with Crippen molar-refractivity contribution < 1.29 is 13.8 Å². The summed E-state index contributed by atoms with van der Waals surface area (Å²) in [6.07, 6.45) is 3.30. The lowest BCUT2D eigenvalue weighted by molar-refractivity contribution is 0.0945. The summed E-state index contributed by atoms with van der Waals surface area (Å²) in [5.41, 5.74) is 3.00. The van der Waals surface area contributed by atoms with Crippen LogP contribution in [0.3, 0.4) is 0 Å². The molecule has 1 amide bonds. The van der Waals surface area contributed by atoms with E-state index in [1.807, 2.05) is 37.5 Å². The van der Waals surface area contributed by atoms with E-state index >= 15 is 0 Å². The molecule has 4 aromatic heterocycles. The standard InChI is InChI=1S/C19H18N6O3/c1-11-8-15(13(3)25(11)16-9-12(2)27-23-16)19(26)21-10-17-22-18(24-28-17)14-4-6-20-7-5-14/h4-9H,10H2,1-3H3,(H,21,26). The summed E-state index contributed by atoms with van der Waals surface area (Å²) in [6, 6.07) is 7.20. The van der Waals surface area contributed by atoms with Gasteiger partial charge in [0.1, 0.15) is 5.76 Å². The maximum atomic E-state index is 12.7. The Balaban J connectivity index is 1.48. The van der Waals surface area contributed by atoms with Gasteiger partial charge in [-0.25, -0.2) is 0 Å². The fraction of sp³-hybridized carbons (Fsp3) is 0.211. The van der Waals surface area contributed by atoms with Crippen LogP contribution in [0, 0.1) is 20.8 Å².